The molecule has 2 amide bonds. The van der Waals surface area contributed by atoms with Gasteiger partial charge in [-0.2, -0.15) is 0 Å². The Morgan fingerprint density at radius 2 is 1.71 bits per heavy atom. The van der Waals surface area contributed by atoms with E-state index in [1.54, 1.807) is 36.4 Å². The molecule has 4 rings (SSSR count). The smallest absolute Gasteiger partial charge is 0.257 e. The fourth-order valence-corrected chi connectivity index (χ4v) is 3.95. The van der Waals surface area contributed by atoms with Crippen molar-refractivity contribution < 1.29 is 32.2 Å². The van der Waals surface area contributed by atoms with Crippen LogP contribution in [0.3, 0.4) is 0 Å². The lowest BCUT2D eigenvalue weighted by Crippen LogP contribution is -2.18. The van der Waals surface area contributed by atoms with Crippen LogP contribution in [-0.4, -0.2) is 33.3 Å². The summed E-state index contributed by atoms with van der Waals surface area (Å²) in [6.07, 6.45) is 0.986. The summed E-state index contributed by atoms with van der Waals surface area (Å²) < 4.78 is 42.3. The molecule has 3 N–H and O–H groups in total. The molecular formula is C24H23N3O7S. The van der Waals surface area contributed by atoms with Gasteiger partial charge in [-0.3, -0.25) is 14.3 Å². The fraction of sp³-hybridized carbons (Fsp3) is 0.167. The lowest BCUT2D eigenvalue weighted by molar-refractivity contribution is -0.114. The fourth-order valence-electron chi connectivity index (χ4n) is 3.37. The Labute approximate surface area is 202 Å². The van der Waals surface area contributed by atoms with Crippen molar-refractivity contribution in [2.24, 2.45) is 0 Å². The number of hydrogen-bond acceptors (Lipinski definition) is 7. The molecule has 1 heterocycles. The Morgan fingerprint density at radius 1 is 0.943 bits per heavy atom. The van der Waals surface area contributed by atoms with Gasteiger partial charge in [0.25, 0.3) is 5.91 Å². The summed E-state index contributed by atoms with van der Waals surface area (Å²) in [6, 6.07) is 16.6. The van der Waals surface area contributed by atoms with E-state index in [2.05, 4.69) is 15.4 Å². The number of hydrogen-bond donors (Lipinski definition) is 3. The number of carbonyl (C=O) groups excluding carboxylic acids is 2. The van der Waals surface area contributed by atoms with Crippen molar-refractivity contribution in [1.29, 1.82) is 0 Å². The number of ether oxygens (including phenoxy) is 3. The van der Waals surface area contributed by atoms with Gasteiger partial charge in [0.15, 0.2) is 11.5 Å². The van der Waals surface area contributed by atoms with Crippen molar-refractivity contribution in [2.75, 3.05) is 28.4 Å². The zero-order valence-corrected chi connectivity index (χ0v) is 19.8. The largest absolute Gasteiger partial charge is 0.489 e. The summed E-state index contributed by atoms with van der Waals surface area (Å²) in [4.78, 5) is 24.5. The molecule has 1 aliphatic rings. The van der Waals surface area contributed by atoms with E-state index in [0.29, 0.717) is 28.6 Å². The maximum absolute atomic E-state index is 13.0. The summed E-state index contributed by atoms with van der Waals surface area (Å²) in [7, 11) is -3.64. The van der Waals surface area contributed by atoms with Gasteiger partial charge in [0.05, 0.1) is 17.5 Å². The molecule has 0 atom stereocenters. The van der Waals surface area contributed by atoms with Gasteiger partial charge in [-0.1, -0.05) is 12.1 Å². The van der Waals surface area contributed by atoms with Crippen LogP contribution < -0.4 is 29.6 Å². The van der Waals surface area contributed by atoms with Crippen molar-refractivity contribution in [3.05, 3.63) is 71.8 Å². The topological polar surface area (TPSA) is 132 Å². The summed E-state index contributed by atoms with van der Waals surface area (Å²) in [5.74, 6) is 1.00. The van der Waals surface area contributed by atoms with Gasteiger partial charge in [0.2, 0.25) is 22.7 Å². The highest BCUT2D eigenvalue weighted by Crippen LogP contribution is 2.35. The lowest BCUT2D eigenvalue weighted by Gasteiger charge is -2.14. The Balaban J connectivity index is 1.49. The molecule has 10 nitrogen and oxygen atoms in total. The van der Waals surface area contributed by atoms with Crippen LogP contribution >= 0.6 is 0 Å². The number of nitrogens with one attached hydrogen (secondary N) is 3. The Hall–Kier alpha value is -4.25. The third kappa shape index (κ3) is 6.42. The van der Waals surface area contributed by atoms with Crippen LogP contribution in [0.4, 0.5) is 17.1 Å². The first-order valence-electron chi connectivity index (χ1n) is 10.5. The molecule has 3 aromatic carbocycles. The first-order chi connectivity index (χ1) is 16.7. The van der Waals surface area contributed by atoms with E-state index in [4.69, 9.17) is 14.2 Å². The molecule has 0 radical (unpaired) electrons. The summed E-state index contributed by atoms with van der Waals surface area (Å²) in [5, 5.41) is 5.34. The zero-order valence-electron chi connectivity index (χ0n) is 19.0. The second-order valence-corrected chi connectivity index (χ2v) is 9.52. The van der Waals surface area contributed by atoms with Crippen LogP contribution in [0, 0.1) is 0 Å². The average Bonchev–Trinajstić information content (AvgIpc) is 3.25. The maximum Gasteiger partial charge on any atom is 0.257 e. The van der Waals surface area contributed by atoms with Crippen molar-refractivity contribution >= 4 is 38.9 Å². The molecular weight excluding hydrogens is 474 g/mol. The highest BCUT2D eigenvalue weighted by Gasteiger charge is 2.17. The second kappa shape index (κ2) is 9.94. The molecule has 11 heteroatoms. The second-order valence-electron chi connectivity index (χ2n) is 7.77. The van der Waals surface area contributed by atoms with Crippen LogP contribution in [0.5, 0.6) is 17.2 Å². The van der Waals surface area contributed by atoms with Crippen molar-refractivity contribution in [2.45, 2.75) is 13.5 Å². The number of benzene rings is 3. The summed E-state index contributed by atoms with van der Waals surface area (Å²) in [6.45, 7) is 1.75. The minimum Gasteiger partial charge on any atom is -0.489 e. The van der Waals surface area contributed by atoms with Crippen LogP contribution in [0.2, 0.25) is 0 Å². The van der Waals surface area contributed by atoms with E-state index in [-0.39, 0.29) is 30.6 Å². The Kier molecular flexibility index (Phi) is 6.78. The number of amides is 2. The first kappa shape index (κ1) is 23.9. The molecule has 0 bridgehead atoms. The standard InChI is InChI=1S/C24H23N3O7S/c1-15(28)25-18-6-8-21(27-35(2,30)31)20(11-18)24(29)26-17-5-3-4-16(10-17)13-32-19-7-9-22-23(12-19)34-14-33-22/h3-12,27H,13-14H2,1-2H3,(H,25,28)(H,26,29). The highest BCUT2D eigenvalue weighted by molar-refractivity contribution is 7.92. The van der Waals surface area contributed by atoms with Crippen LogP contribution in [0.15, 0.2) is 60.7 Å². The van der Waals surface area contributed by atoms with E-state index in [9.17, 15) is 18.0 Å². The number of fused-ring (bicyclic) bond motifs is 1. The summed E-state index contributed by atoms with van der Waals surface area (Å²) >= 11 is 0. The Morgan fingerprint density at radius 3 is 2.49 bits per heavy atom. The van der Waals surface area contributed by atoms with Gasteiger partial charge in [-0.05, 0) is 48.0 Å². The molecule has 0 fully saturated rings. The number of carbonyl (C=O) groups is 2. The van der Waals surface area contributed by atoms with Gasteiger partial charge < -0.3 is 24.8 Å². The predicted octanol–water partition coefficient (Wildman–Crippen LogP) is 3.58. The molecule has 0 aromatic heterocycles. The van der Waals surface area contributed by atoms with Gasteiger partial charge in [-0.15, -0.1) is 0 Å². The van der Waals surface area contributed by atoms with Gasteiger partial charge in [0, 0.05) is 24.4 Å². The molecule has 0 spiro atoms. The van der Waals surface area contributed by atoms with Crippen molar-refractivity contribution in [3.8, 4) is 17.2 Å². The summed E-state index contributed by atoms with van der Waals surface area (Å²) in [5.41, 5.74) is 1.76. The average molecular weight is 498 g/mol. The SMILES string of the molecule is CC(=O)Nc1ccc(NS(C)(=O)=O)c(C(=O)Nc2cccc(COc3ccc4c(c3)OCO4)c2)c1. The maximum atomic E-state index is 13.0. The van der Waals surface area contributed by atoms with Gasteiger partial charge in [0.1, 0.15) is 12.4 Å². The van der Waals surface area contributed by atoms with E-state index in [0.717, 1.165) is 11.8 Å². The monoisotopic (exact) mass is 497 g/mol. The molecule has 0 saturated carbocycles. The van der Waals surface area contributed by atoms with E-state index >= 15 is 0 Å². The van der Waals surface area contributed by atoms with Crippen LogP contribution in [-0.2, 0) is 21.4 Å². The molecule has 35 heavy (non-hydrogen) atoms. The molecule has 182 valence electrons. The third-order valence-electron chi connectivity index (χ3n) is 4.81. The minimum absolute atomic E-state index is 0.0451. The molecule has 0 unspecified atom stereocenters. The zero-order chi connectivity index (χ0) is 25.0. The molecule has 0 saturated heterocycles. The van der Waals surface area contributed by atoms with E-state index < -0.39 is 15.9 Å². The molecule has 1 aliphatic heterocycles. The van der Waals surface area contributed by atoms with Crippen LogP contribution in [0.1, 0.15) is 22.8 Å². The third-order valence-corrected chi connectivity index (χ3v) is 5.41. The van der Waals surface area contributed by atoms with E-state index in [1.807, 2.05) is 6.07 Å². The number of rotatable bonds is 8. The van der Waals surface area contributed by atoms with E-state index in [1.165, 1.54) is 25.1 Å². The minimum atomic E-state index is -3.64. The quantitative estimate of drug-likeness (QED) is 0.433. The van der Waals surface area contributed by atoms with Gasteiger partial charge in [-0.25, -0.2) is 8.42 Å². The number of anilines is 3. The highest BCUT2D eigenvalue weighted by atomic mass is 32.2. The van der Waals surface area contributed by atoms with Crippen molar-refractivity contribution in [1.82, 2.24) is 0 Å². The van der Waals surface area contributed by atoms with Crippen LogP contribution in [0.25, 0.3) is 0 Å². The predicted molar refractivity (Wildman–Crippen MR) is 131 cm³/mol. The molecule has 0 aliphatic carbocycles. The van der Waals surface area contributed by atoms with Crippen molar-refractivity contribution in [3.63, 3.8) is 0 Å². The van der Waals surface area contributed by atoms with Gasteiger partial charge >= 0.3 is 0 Å². The first-order valence-corrected chi connectivity index (χ1v) is 12.4. The normalized spacial score (nSPS) is 12.1. The molecule has 3 aromatic rings. The lowest BCUT2D eigenvalue weighted by atomic mass is 10.1. The Bertz CT molecular complexity index is 1390. The number of sulfonamides is 1.